The maximum absolute atomic E-state index is 12.7. The fourth-order valence-corrected chi connectivity index (χ4v) is 3.01. The molecular formula is C23H20N2O3. The highest BCUT2D eigenvalue weighted by molar-refractivity contribution is 6.11. The van der Waals surface area contributed by atoms with Gasteiger partial charge in [0.1, 0.15) is 23.1 Å². The topological polar surface area (TPSA) is 71.3 Å². The van der Waals surface area contributed by atoms with Crippen LogP contribution in [0.5, 0.6) is 11.5 Å². The minimum absolute atomic E-state index is 0.00104. The van der Waals surface area contributed by atoms with E-state index in [1.165, 1.54) is 7.11 Å². The number of carbonyl (C=O) groups is 1. The highest BCUT2D eigenvalue weighted by Crippen LogP contribution is 2.30. The first-order valence-electron chi connectivity index (χ1n) is 8.71. The molecule has 0 bridgehead atoms. The lowest BCUT2D eigenvalue weighted by molar-refractivity contribution is -0.112. The predicted molar refractivity (Wildman–Crippen MR) is 110 cm³/mol. The number of benzene rings is 3. The van der Waals surface area contributed by atoms with Crippen LogP contribution in [-0.4, -0.2) is 20.1 Å². The first-order chi connectivity index (χ1) is 13.6. The third kappa shape index (κ3) is 3.81. The molecule has 3 aromatic carbocycles. The zero-order valence-corrected chi connectivity index (χ0v) is 15.9. The van der Waals surface area contributed by atoms with E-state index in [0.29, 0.717) is 11.4 Å². The van der Waals surface area contributed by atoms with Crippen LogP contribution in [0.15, 0.2) is 60.2 Å². The molecule has 0 radical (unpaired) electrons. The number of hydrogen-bond acceptors (Lipinski definition) is 4. The highest BCUT2D eigenvalue weighted by Gasteiger charge is 2.14. The molecular weight excluding hydrogens is 352 g/mol. The Morgan fingerprint density at radius 1 is 1.00 bits per heavy atom. The summed E-state index contributed by atoms with van der Waals surface area (Å²) in [6, 6.07) is 18.8. The zero-order valence-electron chi connectivity index (χ0n) is 15.9. The number of ether oxygens (including phenoxy) is 2. The second kappa shape index (κ2) is 8.28. The molecule has 0 unspecified atom stereocenters. The number of aryl methyl sites for hydroxylation is 1. The Bertz CT molecular complexity index is 1110. The van der Waals surface area contributed by atoms with Crippen molar-refractivity contribution in [3.8, 4) is 17.6 Å². The zero-order chi connectivity index (χ0) is 20.1. The van der Waals surface area contributed by atoms with Gasteiger partial charge in [-0.1, -0.05) is 36.4 Å². The largest absolute Gasteiger partial charge is 0.496 e. The number of nitrogens with zero attached hydrogens (tertiary/aromatic N) is 1. The van der Waals surface area contributed by atoms with Gasteiger partial charge in [0.25, 0.3) is 5.91 Å². The number of hydrogen-bond donors (Lipinski definition) is 1. The molecule has 0 aliphatic heterocycles. The number of rotatable bonds is 5. The summed E-state index contributed by atoms with van der Waals surface area (Å²) in [6.45, 7) is 1.92. The molecule has 3 aromatic rings. The molecule has 5 heteroatoms. The van der Waals surface area contributed by atoms with Crippen molar-refractivity contribution in [2.75, 3.05) is 19.5 Å². The average molecular weight is 372 g/mol. The number of nitrogens with one attached hydrogen (secondary N) is 1. The van der Waals surface area contributed by atoms with Gasteiger partial charge in [-0.05, 0) is 47.7 Å². The summed E-state index contributed by atoms with van der Waals surface area (Å²) in [6.07, 6.45) is 1.58. The van der Waals surface area contributed by atoms with Crippen molar-refractivity contribution in [1.82, 2.24) is 0 Å². The number of carbonyl (C=O) groups excluding carboxylic acids is 1. The molecule has 3 rings (SSSR count). The van der Waals surface area contributed by atoms with Gasteiger partial charge in [-0.25, -0.2) is 0 Å². The van der Waals surface area contributed by atoms with Crippen LogP contribution in [0.1, 0.15) is 11.1 Å². The quantitative estimate of drug-likeness (QED) is 0.520. The lowest BCUT2D eigenvalue weighted by Crippen LogP contribution is -2.14. The molecule has 0 aromatic heterocycles. The Hall–Kier alpha value is -3.78. The van der Waals surface area contributed by atoms with Gasteiger partial charge in [0.15, 0.2) is 0 Å². The smallest absolute Gasteiger partial charge is 0.266 e. The number of amides is 1. The van der Waals surface area contributed by atoms with Crippen LogP contribution in [0.25, 0.3) is 16.8 Å². The fraction of sp³-hybridized carbons (Fsp3) is 0.130. The molecule has 1 N–H and O–H groups in total. The number of anilines is 1. The van der Waals surface area contributed by atoms with Gasteiger partial charge < -0.3 is 14.8 Å². The predicted octanol–water partition coefficient (Wildman–Crippen LogP) is 4.71. The summed E-state index contributed by atoms with van der Waals surface area (Å²) in [5.74, 6) is 0.776. The van der Waals surface area contributed by atoms with E-state index < -0.39 is 5.91 Å². The summed E-state index contributed by atoms with van der Waals surface area (Å²) >= 11 is 0. The van der Waals surface area contributed by atoms with Crippen LogP contribution in [-0.2, 0) is 4.79 Å². The lowest BCUT2D eigenvalue weighted by atomic mass is 10.0. The maximum atomic E-state index is 12.7. The van der Waals surface area contributed by atoms with Crippen molar-refractivity contribution in [2.24, 2.45) is 0 Å². The lowest BCUT2D eigenvalue weighted by Gasteiger charge is -2.11. The van der Waals surface area contributed by atoms with E-state index in [1.54, 1.807) is 25.3 Å². The monoisotopic (exact) mass is 372 g/mol. The third-order valence-electron chi connectivity index (χ3n) is 4.41. The SMILES string of the molecule is COc1ccc(C)cc1NC(=O)/C(C#N)=C/c1ccc(OC)c2ccccc12. The molecule has 0 aliphatic rings. The van der Waals surface area contributed by atoms with Gasteiger partial charge in [0.05, 0.1) is 19.9 Å². The van der Waals surface area contributed by atoms with E-state index in [2.05, 4.69) is 5.32 Å². The van der Waals surface area contributed by atoms with Crippen LogP contribution in [0.2, 0.25) is 0 Å². The van der Waals surface area contributed by atoms with E-state index in [9.17, 15) is 10.1 Å². The molecule has 1 amide bonds. The van der Waals surface area contributed by atoms with Crippen molar-refractivity contribution in [2.45, 2.75) is 6.92 Å². The summed E-state index contributed by atoms with van der Waals surface area (Å²) < 4.78 is 10.7. The van der Waals surface area contributed by atoms with Gasteiger partial charge in [-0.15, -0.1) is 0 Å². The Kier molecular flexibility index (Phi) is 5.61. The van der Waals surface area contributed by atoms with Gasteiger partial charge in [-0.3, -0.25) is 4.79 Å². The van der Waals surface area contributed by atoms with Gasteiger partial charge in [-0.2, -0.15) is 5.26 Å². The average Bonchev–Trinajstić information content (AvgIpc) is 2.72. The van der Waals surface area contributed by atoms with Crippen molar-refractivity contribution in [3.63, 3.8) is 0 Å². The van der Waals surface area contributed by atoms with E-state index in [-0.39, 0.29) is 5.57 Å². The minimum Gasteiger partial charge on any atom is -0.496 e. The van der Waals surface area contributed by atoms with Crippen LogP contribution >= 0.6 is 0 Å². The van der Waals surface area contributed by atoms with Crippen molar-refractivity contribution < 1.29 is 14.3 Å². The Morgan fingerprint density at radius 2 is 1.68 bits per heavy atom. The summed E-state index contributed by atoms with van der Waals surface area (Å²) in [5, 5.41) is 14.1. The Labute approximate surface area is 163 Å². The Morgan fingerprint density at radius 3 is 2.36 bits per heavy atom. The molecule has 0 aliphatic carbocycles. The van der Waals surface area contributed by atoms with Crippen LogP contribution < -0.4 is 14.8 Å². The van der Waals surface area contributed by atoms with Crippen molar-refractivity contribution >= 4 is 28.4 Å². The Balaban J connectivity index is 1.99. The maximum Gasteiger partial charge on any atom is 0.266 e. The normalized spacial score (nSPS) is 11.0. The molecule has 0 spiro atoms. The van der Waals surface area contributed by atoms with Crippen molar-refractivity contribution in [1.29, 1.82) is 5.26 Å². The molecule has 0 fully saturated rings. The third-order valence-corrected chi connectivity index (χ3v) is 4.41. The van der Waals surface area contributed by atoms with Crippen LogP contribution in [0.4, 0.5) is 5.69 Å². The molecule has 0 heterocycles. The molecule has 5 nitrogen and oxygen atoms in total. The van der Waals surface area contributed by atoms with E-state index in [1.807, 2.05) is 55.5 Å². The standard InChI is InChI=1S/C23H20N2O3/c1-15-8-10-22(28-3)20(12-15)25-23(26)17(14-24)13-16-9-11-21(27-2)19-7-5-4-6-18(16)19/h4-13H,1-3H3,(H,25,26)/b17-13+. The van der Waals surface area contributed by atoms with E-state index in [4.69, 9.17) is 9.47 Å². The van der Waals surface area contributed by atoms with Crippen molar-refractivity contribution in [3.05, 3.63) is 71.3 Å². The number of methoxy groups -OCH3 is 2. The minimum atomic E-state index is -0.494. The first kappa shape index (κ1) is 19.0. The van der Waals surface area contributed by atoms with E-state index >= 15 is 0 Å². The second-order valence-corrected chi connectivity index (χ2v) is 6.23. The molecule has 0 saturated carbocycles. The number of nitriles is 1. The molecule has 0 saturated heterocycles. The summed E-state index contributed by atoms with van der Waals surface area (Å²) in [7, 11) is 3.14. The summed E-state index contributed by atoms with van der Waals surface area (Å²) in [4.78, 5) is 12.7. The molecule has 0 atom stereocenters. The highest BCUT2D eigenvalue weighted by atomic mass is 16.5. The second-order valence-electron chi connectivity index (χ2n) is 6.23. The van der Waals surface area contributed by atoms with Crippen LogP contribution in [0, 0.1) is 18.3 Å². The first-order valence-corrected chi connectivity index (χ1v) is 8.71. The molecule has 28 heavy (non-hydrogen) atoms. The summed E-state index contributed by atoms with van der Waals surface area (Å²) in [5.41, 5.74) is 2.26. The van der Waals surface area contributed by atoms with Crippen LogP contribution in [0.3, 0.4) is 0 Å². The van der Waals surface area contributed by atoms with Gasteiger partial charge >= 0.3 is 0 Å². The molecule has 140 valence electrons. The van der Waals surface area contributed by atoms with Gasteiger partial charge in [0.2, 0.25) is 0 Å². The van der Waals surface area contributed by atoms with Gasteiger partial charge in [0, 0.05) is 5.39 Å². The fourth-order valence-electron chi connectivity index (χ4n) is 3.01. The number of fused-ring (bicyclic) bond motifs is 1. The van der Waals surface area contributed by atoms with E-state index in [0.717, 1.165) is 27.6 Å².